The number of hydrogen-bond donors (Lipinski definition) is 3. The maximum Gasteiger partial charge on any atom is 0.353 e. The highest BCUT2D eigenvalue weighted by molar-refractivity contribution is 7.92. The van der Waals surface area contributed by atoms with Crippen molar-refractivity contribution in [3.63, 3.8) is 0 Å². The van der Waals surface area contributed by atoms with Crippen LogP contribution >= 0.6 is 0 Å². The van der Waals surface area contributed by atoms with E-state index in [4.69, 9.17) is 5.11 Å². The zero-order valence-corrected chi connectivity index (χ0v) is 10.7. The molecule has 0 bridgehead atoms. The van der Waals surface area contributed by atoms with E-state index >= 15 is 0 Å². The summed E-state index contributed by atoms with van der Waals surface area (Å²) in [6.07, 6.45) is 0. The minimum absolute atomic E-state index is 0.418. The Kier molecular flexibility index (Phi) is 3.60. The third kappa shape index (κ3) is 2.81. The average molecular weight is 321 g/mol. The number of aromatic carboxylic acids is 1. The van der Waals surface area contributed by atoms with E-state index < -0.39 is 49.9 Å². The van der Waals surface area contributed by atoms with Crippen LogP contribution in [0.4, 0.5) is 19.0 Å². The first-order chi connectivity index (χ1) is 9.72. The van der Waals surface area contributed by atoms with E-state index in [1.165, 1.54) is 0 Å². The number of H-pyrrole nitrogens is 1. The lowest BCUT2D eigenvalue weighted by atomic mass is 10.3. The molecule has 1 heterocycles. The first-order valence-corrected chi connectivity index (χ1v) is 6.65. The molecule has 0 amide bonds. The molecule has 1 aromatic carbocycles. The Bertz CT molecular complexity index is 819. The summed E-state index contributed by atoms with van der Waals surface area (Å²) >= 11 is 0. The van der Waals surface area contributed by atoms with Gasteiger partial charge in [0, 0.05) is 6.07 Å². The smallest absolute Gasteiger partial charge is 0.353 e. The Morgan fingerprint density at radius 2 is 1.90 bits per heavy atom. The number of halogens is 3. The molecule has 0 unspecified atom stereocenters. The molecule has 0 aliphatic carbocycles. The van der Waals surface area contributed by atoms with Crippen molar-refractivity contribution in [3.05, 3.63) is 41.3 Å². The predicted molar refractivity (Wildman–Crippen MR) is 62.7 cm³/mol. The van der Waals surface area contributed by atoms with Gasteiger partial charge in [0.05, 0.1) is 0 Å². The Morgan fingerprint density at radius 3 is 2.48 bits per heavy atom. The SMILES string of the molecule is O=C(O)c1cc(NS(=O)(=O)c2ccc(F)c(F)c2F)n[nH]1. The van der Waals surface area contributed by atoms with Gasteiger partial charge in [-0.3, -0.25) is 9.82 Å². The largest absolute Gasteiger partial charge is 0.477 e. The van der Waals surface area contributed by atoms with Gasteiger partial charge in [-0.25, -0.2) is 26.4 Å². The second kappa shape index (κ2) is 5.09. The van der Waals surface area contributed by atoms with Crippen LogP contribution in [0.5, 0.6) is 0 Å². The van der Waals surface area contributed by atoms with Crippen LogP contribution in [0.2, 0.25) is 0 Å². The van der Waals surface area contributed by atoms with Crippen LogP contribution in [0.3, 0.4) is 0 Å². The van der Waals surface area contributed by atoms with Crippen LogP contribution in [-0.2, 0) is 10.0 Å². The van der Waals surface area contributed by atoms with Crippen molar-refractivity contribution < 1.29 is 31.5 Å². The number of carboxylic acid groups (broad SMARTS) is 1. The van der Waals surface area contributed by atoms with E-state index in [1.54, 1.807) is 4.72 Å². The Hall–Kier alpha value is -2.56. The number of rotatable bonds is 4. The third-order valence-corrected chi connectivity index (χ3v) is 3.71. The second-order valence-electron chi connectivity index (χ2n) is 3.75. The lowest BCUT2D eigenvalue weighted by molar-refractivity contribution is 0.0690. The number of aromatic amines is 1. The summed E-state index contributed by atoms with van der Waals surface area (Å²) in [5.41, 5.74) is -0.418. The molecule has 2 aromatic rings. The molecule has 0 aliphatic rings. The van der Waals surface area contributed by atoms with Gasteiger partial charge in [-0.2, -0.15) is 5.10 Å². The van der Waals surface area contributed by atoms with Gasteiger partial charge < -0.3 is 5.11 Å². The number of aromatic nitrogens is 2. The molecule has 7 nitrogen and oxygen atoms in total. The summed E-state index contributed by atoms with van der Waals surface area (Å²) in [4.78, 5) is 9.45. The molecular formula is C10H6F3N3O4S. The summed E-state index contributed by atoms with van der Waals surface area (Å²) in [6, 6.07) is 1.80. The number of anilines is 1. The fraction of sp³-hybridized carbons (Fsp3) is 0. The summed E-state index contributed by atoms with van der Waals surface area (Å²) in [5, 5.41) is 14.0. The van der Waals surface area contributed by atoms with E-state index in [2.05, 4.69) is 5.10 Å². The van der Waals surface area contributed by atoms with Crippen molar-refractivity contribution >= 4 is 21.8 Å². The predicted octanol–water partition coefficient (Wildman–Crippen LogP) is 1.33. The molecule has 112 valence electrons. The topological polar surface area (TPSA) is 112 Å². The quantitative estimate of drug-likeness (QED) is 0.735. The first kappa shape index (κ1) is 14.8. The van der Waals surface area contributed by atoms with E-state index in [0.29, 0.717) is 12.1 Å². The van der Waals surface area contributed by atoms with Gasteiger partial charge in [0.15, 0.2) is 23.3 Å². The molecule has 0 saturated carbocycles. The summed E-state index contributed by atoms with van der Waals surface area (Å²) in [7, 11) is -4.60. The fourth-order valence-electron chi connectivity index (χ4n) is 1.39. The van der Waals surface area contributed by atoms with Crippen molar-refractivity contribution in [1.29, 1.82) is 0 Å². The zero-order chi connectivity index (χ0) is 15.8. The van der Waals surface area contributed by atoms with Crippen molar-refractivity contribution in [2.45, 2.75) is 4.90 Å². The lowest BCUT2D eigenvalue weighted by Crippen LogP contribution is -2.16. The van der Waals surface area contributed by atoms with Crippen LogP contribution < -0.4 is 4.72 Å². The van der Waals surface area contributed by atoms with Crippen LogP contribution in [0, 0.1) is 17.5 Å². The van der Waals surface area contributed by atoms with E-state index in [-0.39, 0.29) is 0 Å². The minimum Gasteiger partial charge on any atom is -0.477 e. The normalized spacial score (nSPS) is 11.4. The molecule has 0 fully saturated rings. The van der Waals surface area contributed by atoms with Gasteiger partial charge in [0.2, 0.25) is 0 Å². The molecule has 0 atom stereocenters. The van der Waals surface area contributed by atoms with Crippen molar-refractivity contribution in [3.8, 4) is 0 Å². The van der Waals surface area contributed by atoms with Crippen LogP contribution in [0.25, 0.3) is 0 Å². The molecule has 3 N–H and O–H groups in total. The minimum atomic E-state index is -4.60. The number of carbonyl (C=O) groups is 1. The van der Waals surface area contributed by atoms with Crippen LogP contribution in [0.1, 0.15) is 10.5 Å². The van der Waals surface area contributed by atoms with Crippen molar-refractivity contribution in [2.24, 2.45) is 0 Å². The molecule has 0 saturated heterocycles. The first-order valence-electron chi connectivity index (χ1n) is 5.17. The number of nitrogens with zero attached hydrogens (tertiary/aromatic N) is 1. The van der Waals surface area contributed by atoms with E-state index in [9.17, 15) is 26.4 Å². The molecule has 21 heavy (non-hydrogen) atoms. The van der Waals surface area contributed by atoms with Gasteiger partial charge in [-0.1, -0.05) is 0 Å². The highest BCUT2D eigenvalue weighted by atomic mass is 32.2. The van der Waals surface area contributed by atoms with E-state index in [1.807, 2.05) is 5.10 Å². The molecule has 0 spiro atoms. The molecule has 2 rings (SSSR count). The number of sulfonamides is 1. The maximum absolute atomic E-state index is 13.4. The number of hydrogen-bond acceptors (Lipinski definition) is 4. The van der Waals surface area contributed by atoms with Crippen molar-refractivity contribution in [2.75, 3.05) is 4.72 Å². The number of benzene rings is 1. The second-order valence-corrected chi connectivity index (χ2v) is 5.40. The van der Waals surface area contributed by atoms with Crippen LogP contribution in [-0.4, -0.2) is 29.7 Å². The van der Waals surface area contributed by atoms with Gasteiger partial charge in [0.25, 0.3) is 10.0 Å². The van der Waals surface area contributed by atoms with Gasteiger partial charge in [0.1, 0.15) is 10.6 Å². The third-order valence-electron chi connectivity index (χ3n) is 2.34. The molecule has 0 aliphatic heterocycles. The van der Waals surface area contributed by atoms with Gasteiger partial charge in [-0.05, 0) is 12.1 Å². The molecule has 11 heteroatoms. The Balaban J connectivity index is 2.38. The van der Waals surface area contributed by atoms with Gasteiger partial charge >= 0.3 is 5.97 Å². The van der Waals surface area contributed by atoms with E-state index in [0.717, 1.165) is 6.07 Å². The standard InChI is InChI=1S/C10H6F3N3O4S/c11-4-1-2-6(9(13)8(4)12)21(19,20)16-7-3-5(10(17)18)14-15-7/h1-3H,(H,17,18)(H2,14,15,16). The summed E-state index contributed by atoms with van der Waals surface area (Å²) in [5.74, 6) is -7.22. The lowest BCUT2D eigenvalue weighted by Gasteiger charge is -2.07. The number of nitrogens with one attached hydrogen (secondary N) is 2. The van der Waals surface area contributed by atoms with Crippen LogP contribution in [0.15, 0.2) is 23.1 Å². The maximum atomic E-state index is 13.4. The Morgan fingerprint density at radius 1 is 1.24 bits per heavy atom. The summed E-state index contributed by atoms with van der Waals surface area (Å²) in [6.45, 7) is 0. The van der Waals surface area contributed by atoms with Gasteiger partial charge in [-0.15, -0.1) is 0 Å². The zero-order valence-electron chi connectivity index (χ0n) is 9.89. The average Bonchev–Trinajstić information content (AvgIpc) is 2.83. The Labute approximate surface area is 115 Å². The molecular weight excluding hydrogens is 315 g/mol. The highest BCUT2D eigenvalue weighted by Gasteiger charge is 2.25. The van der Waals surface area contributed by atoms with Crippen molar-refractivity contribution in [1.82, 2.24) is 10.2 Å². The highest BCUT2D eigenvalue weighted by Crippen LogP contribution is 2.21. The fourth-order valence-corrected chi connectivity index (χ4v) is 2.45. The molecule has 1 aromatic heterocycles. The monoisotopic (exact) mass is 321 g/mol. The summed E-state index contributed by atoms with van der Waals surface area (Å²) < 4.78 is 64.6. The number of carboxylic acids is 1. The molecule has 0 radical (unpaired) electrons.